The highest BCUT2D eigenvalue weighted by Gasteiger charge is 2.12. The highest BCUT2D eigenvalue weighted by Crippen LogP contribution is 2.15. The van der Waals surface area contributed by atoms with Crippen LogP contribution >= 0.6 is 0 Å². The summed E-state index contributed by atoms with van der Waals surface area (Å²) in [5, 5.41) is 12.7. The van der Waals surface area contributed by atoms with Crippen molar-refractivity contribution in [2.45, 2.75) is 19.1 Å². The van der Waals surface area contributed by atoms with Crippen LogP contribution in [-0.4, -0.2) is 35.7 Å². The molecule has 0 heterocycles. The van der Waals surface area contributed by atoms with Gasteiger partial charge in [0.1, 0.15) is 0 Å². The topological polar surface area (TPSA) is 107 Å². The highest BCUT2D eigenvalue weighted by atomic mass is 32.3. The Morgan fingerprint density at radius 3 is 1.94 bits per heavy atom. The van der Waals surface area contributed by atoms with Crippen molar-refractivity contribution in [3.63, 3.8) is 0 Å². The minimum absolute atomic E-state index is 0.0902. The first kappa shape index (κ1) is 16.0. The van der Waals surface area contributed by atoms with Gasteiger partial charge in [-0.2, -0.15) is 8.42 Å². The lowest BCUT2D eigenvalue weighted by molar-refractivity contribution is 0.140. The van der Waals surface area contributed by atoms with Gasteiger partial charge in [0.05, 0.1) is 6.10 Å². The van der Waals surface area contributed by atoms with Crippen LogP contribution in [0.25, 0.3) is 0 Å². The van der Waals surface area contributed by atoms with Crippen LogP contribution in [0.3, 0.4) is 0 Å². The van der Waals surface area contributed by atoms with Gasteiger partial charge in [-0.15, -0.1) is 0 Å². The lowest BCUT2D eigenvalue weighted by atomic mass is 10.0. The van der Waals surface area contributed by atoms with Gasteiger partial charge in [0.15, 0.2) is 0 Å². The molecule has 1 aromatic rings. The molecule has 6 nitrogen and oxygen atoms in total. The molecule has 7 heteroatoms. The summed E-state index contributed by atoms with van der Waals surface area (Å²) >= 11 is 0. The van der Waals surface area contributed by atoms with Gasteiger partial charge < -0.3 is 10.4 Å². The third-order valence-electron chi connectivity index (χ3n) is 2.07. The molecule has 2 atom stereocenters. The zero-order valence-electron chi connectivity index (χ0n) is 9.61. The Morgan fingerprint density at radius 1 is 1.18 bits per heavy atom. The molecule has 0 fully saturated rings. The van der Waals surface area contributed by atoms with Crippen LogP contribution in [0.4, 0.5) is 0 Å². The first-order chi connectivity index (χ1) is 7.75. The van der Waals surface area contributed by atoms with E-state index in [1.807, 2.05) is 44.3 Å². The van der Waals surface area contributed by atoms with E-state index in [1.54, 1.807) is 0 Å². The van der Waals surface area contributed by atoms with Crippen LogP contribution < -0.4 is 5.32 Å². The summed E-state index contributed by atoms with van der Waals surface area (Å²) in [6, 6.07) is 9.76. The largest absolute Gasteiger partial charge is 0.394 e. The molecule has 4 N–H and O–H groups in total. The summed E-state index contributed by atoms with van der Waals surface area (Å²) in [5.41, 5.74) is 0.958. The van der Waals surface area contributed by atoms with Gasteiger partial charge in [-0.25, -0.2) is 0 Å². The Balaban J connectivity index is 0.000000437. The molecule has 0 amide bonds. The maximum atomic E-state index is 9.73. The second kappa shape index (κ2) is 7.36. The smallest absolute Gasteiger partial charge is 0.387 e. The van der Waals surface area contributed by atoms with E-state index in [4.69, 9.17) is 17.5 Å². The number of hydrogen-bond donors (Lipinski definition) is 4. The first-order valence-electron chi connectivity index (χ1n) is 4.86. The molecule has 0 saturated heterocycles. The summed E-state index contributed by atoms with van der Waals surface area (Å²) in [6.45, 7) is 1.96. The van der Waals surface area contributed by atoms with Crippen molar-refractivity contribution < 1.29 is 22.6 Å². The molecule has 0 radical (unpaired) electrons. The van der Waals surface area contributed by atoms with Gasteiger partial charge in [0, 0.05) is 6.04 Å². The molecule has 0 spiro atoms. The molecule has 0 aliphatic heterocycles. The van der Waals surface area contributed by atoms with Crippen LogP contribution in [0.5, 0.6) is 0 Å². The van der Waals surface area contributed by atoms with Gasteiger partial charge >= 0.3 is 10.4 Å². The monoisotopic (exact) mass is 263 g/mol. The van der Waals surface area contributed by atoms with Gasteiger partial charge in [-0.3, -0.25) is 9.11 Å². The second-order valence-corrected chi connectivity index (χ2v) is 4.28. The van der Waals surface area contributed by atoms with Crippen molar-refractivity contribution in [3.05, 3.63) is 35.9 Å². The average Bonchev–Trinajstić information content (AvgIpc) is 2.26. The molecule has 0 aliphatic carbocycles. The summed E-state index contributed by atoms with van der Waals surface area (Å²) in [4.78, 5) is 0. The van der Waals surface area contributed by atoms with Gasteiger partial charge in [-0.1, -0.05) is 30.3 Å². The van der Waals surface area contributed by atoms with E-state index in [9.17, 15) is 5.11 Å². The van der Waals surface area contributed by atoms with Crippen molar-refractivity contribution >= 4 is 10.4 Å². The van der Waals surface area contributed by atoms with Crippen LogP contribution in [0.1, 0.15) is 18.6 Å². The van der Waals surface area contributed by atoms with E-state index in [0.29, 0.717) is 0 Å². The zero-order chi connectivity index (χ0) is 13.5. The maximum Gasteiger partial charge on any atom is 0.394 e. The first-order valence-corrected chi connectivity index (χ1v) is 6.25. The van der Waals surface area contributed by atoms with Crippen molar-refractivity contribution in [1.82, 2.24) is 5.32 Å². The summed E-state index contributed by atoms with van der Waals surface area (Å²) in [6.07, 6.45) is -0.420. The molecule has 1 aromatic carbocycles. The van der Waals surface area contributed by atoms with Crippen molar-refractivity contribution in [1.29, 1.82) is 0 Å². The average molecular weight is 263 g/mol. The van der Waals surface area contributed by atoms with Gasteiger partial charge in [0.2, 0.25) is 0 Å². The van der Waals surface area contributed by atoms with Gasteiger partial charge in [0.25, 0.3) is 0 Å². The fourth-order valence-corrected chi connectivity index (χ4v) is 1.10. The minimum Gasteiger partial charge on any atom is -0.387 e. The molecule has 17 heavy (non-hydrogen) atoms. The van der Waals surface area contributed by atoms with E-state index in [0.717, 1.165) is 5.56 Å². The Hall–Kier alpha value is -0.990. The predicted octanol–water partition coefficient (Wildman–Crippen LogP) is 0.675. The normalized spacial score (nSPS) is 14.4. The Bertz CT molecular complexity index is 398. The standard InChI is InChI=1S/C10H15NO.H2O4S/c1-8(11-2)10(12)9-6-4-3-5-7-9;1-5(2,3)4/h3-8,10-12H,1-2H3;(H2,1,2,3,4)/t8-,10+;/m0./s1. The lowest BCUT2D eigenvalue weighted by Gasteiger charge is -2.17. The number of aliphatic hydroxyl groups is 1. The number of likely N-dealkylation sites (N-methyl/N-ethyl adjacent to an activating group) is 1. The van der Waals surface area contributed by atoms with Crippen molar-refractivity contribution in [2.24, 2.45) is 0 Å². The zero-order valence-corrected chi connectivity index (χ0v) is 10.4. The van der Waals surface area contributed by atoms with E-state index in [-0.39, 0.29) is 6.04 Å². The summed E-state index contributed by atoms with van der Waals surface area (Å²) in [7, 11) is -2.82. The molecule has 0 aliphatic rings. The summed E-state index contributed by atoms with van der Waals surface area (Å²) < 4.78 is 31.6. The van der Waals surface area contributed by atoms with Crippen LogP contribution in [0, 0.1) is 0 Å². The van der Waals surface area contributed by atoms with Crippen LogP contribution in [0.2, 0.25) is 0 Å². The minimum atomic E-state index is -4.67. The number of rotatable bonds is 3. The van der Waals surface area contributed by atoms with Crippen molar-refractivity contribution in [3.8, 4) is 0 Å². The Morgan fingerprint density at radius 2 is 1.59 bits per heavy atom. The predicted molar refractivity (Wildman–Crippen MR) is 64.1 cm³/mol. The van der Waals surface area contributed by atoms with E-state index < -0.39 is 16.5 Å². The molecule has 1 rings (SSSR count). The van der Waals surface area contributed by atoms with Crippen LogP contribution in [-0.2, 0) is 10.4 Å². The van der Waals surface area contributed by atoms with Crippen molar-refractivity contribution in [2.75, 3.05) is 7.05 Å². The van der Waals surface area contributed by atoms with Gasteiger partial charge in [-0.05, 0) is 19.5 Å². The van der Waals surface area contributed by atoms with E-state index >= 15 is 0 Å². The maximum absolute atomic E-state index is 9.73. The molecular formula is C10H17NO5S. The quantitative estimate of drug-likeness (QED) is 0.597. The number of hydrogen-bond acceptors (Lipinski definition) is 4. The Labute approximate surface area is 101 Å². The molecule has 0 bridgehead atoms. The fraction of sp³-hybridized carbons (Fsp3) is 0.400. The molecule has 0 saturated carbocycles. The molecular weight excluding hydrogens is 246 g/mol. The highest BCUT2D eigenvalue weighted by molar-refractivity contribution is 7.79. The Kier molecular flexibility index (Phi) is 6.93. The van der Waals surface area contributed by atoms with Crippen LogP contribution in [0.15, 0.2) is 30.3 Å². The molecule has 0 aromatic heterocycles. The second-order valence-electron chi connectivity index (χ2n) is 3.38. The number of aliphatic hydroxyl groups excluding tert-OH is 1. The molecule has 98 valence electrons. The molecule has 0 unspecified atom stereocenters. The number of nitrogens with one attached hydrogen (secondary N) is 1. The third kappa shape index (κ3) is 8.78. The third-order valence-corrected chi connectivity index (χ3v) is 2.07. The van der Waals surface area contributed by atoms with E-state index in [2.05, 4.69) is 5.32 Å². The van der Waals surface area contributed by atoms with E-state index in [1.165, 1.54) is 0 Å². The summed E-state index contributed by atoms with van der Waals surface area (Å²) in [5.74, 6) is 0. The lowest BCUT2D eigenvalue weighted by Crippen LogP contribution is -2.28. The SMILES string of the molecule is CN[C@@H](C)[C@@H](O)c1ccccc1.O=S(=O)(O)O. The fourth-order valence-electron chi connectivity index (χ4n) is 1.10. The number of benzene rings is 1.